The SMILES string of the molecule is CCOC(C)OC[C@H]1CC(F)(F)C(C=O)N1. The van der Waals surface area contributed by atoms with Gasteiger partial charge in [-0.25, -0.2) is 8.78 Å². The van der Waals surface area contributed by atoms with Crippen LogP contribution in [0.15, 0.2) is 0 Å². The Balaban J connectivity index is 2.33. The number of carbonyl (C=O) groups excluding carboxylic acids is 1. The summed E-state index contributed by atoms with van der Waals surface area (Å²) < 4.78 is 36.6. The molecular weight excluding hydrogens is 220 g/mol. The van der Waals surface area contributed by atoms with Crippen LogP contribution in [-0.2, 0) is 14.3 Å². The van der Waals surface area contributed by atoms with E-state index in [2.05, 4.69) is 5.32 Å². The molecule has 1 saturated heterocycles. The zero-order chi connectivity index (χ0) is 12.2. The molecule has 2 unspecified atom stereocenters. The molecule has 16 heavy (non-hydrogen) atoms. The number of nitrogens with one attached hydrogen (secondary N) is 1. The highest BCUT2D eigenvalue weighted by Gasteiger charge is 2.48. The summed E-state index contributed by atoms with van der Waals surface area (Å²) in [5.41, 5.74) is 0. The number of carbonyl (C=O) groups is 1. The summed E-state index contributed by atoms with van der Waals surface area (Å²) in [5.74, 6) is -2.98. The Bertz CT molecular complexity index is 238. The highest BCUT2D eigenvalue weighted by atomic mass is 19.3. The molecular formula is C10H17F2NO3. The number of hydrogen-bond donors (Lipinski definition) is 1. The summed E-state index contributed by atoms with van der Waals surface area (Å²) in [4.78, 5) is 10.4. The first-order valence-corrected chi connectivity index (χ1v) is 5.32. The quantitative estimate of drug-likeness (QED) is 0.552. The lowest BCUT2D eigenvalue weighted by Gasteiger charge is -2.16. The normalized spacial score (nSPS) is 30.2. The molecule has 4 nitrogen and oxygen atoms in total. The Morgan fingerprint density at radius 1 is 1.56 bits per heavy atom. The van der Waals surface area contributed by atoms with Crippen molar-refractivity contribution in [2.75, 3.05) is 13.2 Å². The van der Waals surface area contributed by atoms with Crippen molar-refractivity contribution >= 4 is 6.29 Å². The largest absolute Gasteiger partial charge is 0.353 e. The molecule has 0 aromatic rings. The maximum absolute atomic E-state index is 13.2. The fourth-order valence-corrected chi connectivity index (χ4v) is 1.67. The third-order valence-electron chi connectivity index (χ3n) is 2.46. The maximum Gasteiger partial charge on any atom is 0.271 e. The number of alkyl halides is 2. The first kappa shape index (κ1) is 13.5. The Hall–Kier alpha value is -0.590. The highest BCUT2D eigenvalue weighted by molar-refractivity contribution is 5.60. The summed E-state index contributed by atoms with van der Waals surface area (Å²) >= 11 is 0. The second kappa shape index (κ2) is 5.65. The molecule has 1 N–H and O–H groups in total. The second-order valence-electron chi connectivity index (χ2n) is 3.80. The number of rotatable bonds is 6. The minimum Gasteiger partial charge on any atom is -0.353 e. The molecule has 3 atom stereocenters. The molecule has 0 spiro atoms. The third kappa shape index (κ3) is 3.47. The Kier molecular flexibility index (Phi) is 4.76. The molecule has 0 aromatic heterocycles. The lowest BCUT2D eigenvalue weighted by atomic mass is 10.1. The fourth-order valence-electron chi connectivity index (χ4n) is 1.67. The molecule has 1 heterocycles. The summed E-state index contributed by atoms with van der Waals surface area (Å²) in [6, 6.07) is -1.91. The molecule has 0 bridgehead atoms. The lowest BCUT2D eigenvalue weighted by molar-refractivity contribution is -0.131. The molecule has 0 radical (unpaired) electrons. The predicted octanol–water partition coefficient (Wildman–Crippen LogP) is 0.950. The third-order valence-corrected chi connectivity index (χ3v) is 2.46. The van der Waals surface area contributed by atoms with Crippen LogP contribution in [-0.4, -0.2) is 43.8 Å². The van der Waals surface area contributed by atoms with Crippen LogP contribution in [0.25, 0.3) is 0 Å². The smallest absolute Gasteiger partial charge is 0.271 e. The van der Waals surface area contributed by atoms with Crippen LogP contribution in [0.3, 0.4) is 0 Å². The van der Waals surface area contributed by atoms with Gasteiger partial charge in [-0.2, -0.15) is 0 Å². The number of halogens is 2. The zero-order valence-corrected chi connectivity index (χ0v) is 9.41. The number of hydrogen-bond acceptors (Lipinski definition) is 4. The first-order valence-electron chi connectivity index (χ1n) is 5.32. The van der Waals surface area contributed by atoms with Gasteiger partial charge in [-0.3, -0.25) is 5.32 Å². The molecule has 1 fully saturated rings. The minimum absolute atomic E-state index is 0.112. The summed E-state index contributed by atoms with van der Waals surface area (Å²) in [5, 5.41) is 2.53. The van der Waals surface area contributed by atoms with Crippen molar-refractivity contribution in [1.29, 1.82) is 0 Å². The van der Waals surface area contributed by atoms with Crippen LogP contribution in [0.2, 0.25) is 0 Å². The van der Waals surface area contributed by atoms with Crippen molar-refractivity contribution in [3.63, 3.8) is 0 Å². The van der Waals surface area contributed by atoms with Gasteiger partial charge in [-0.1, -0.05) is 0 Å². The van der Waals surface area contributed by atoms with E-state index in [1.807, 2.05) is 6.92 Å². The van der Waals surface area contributed by atoms with Gasteiger partial charge in [0, 0.05) is 19.1 Å². The van der Waals surface area contributed by atoms with Crippen LogP contribution in [0.5, 0.6) is 0 Å². The lowest BCUT2D eigenvalue weighted by Crippen LogP contribution is -2.39. The van der Waals surface area contributed by atoms with Crippen LogP contribution in [0.4, 0.5) is 8.78 Å². The molecule has 0 aliphatic carbocycles. The second-order valence-corrected chi connectivity index (χ2v) is 3.80. The van der Waals surface area contributed by atoms with E-state index < -0.39 is 24.3 Å². The van der Waals surface area contributed by atoms with E-state index in [9.17, 15) is 13.6 Å². The Morgan fingerprint density at radius 3 is 2.75 bits per heavy atom. The van der Waals surface area contributed by atoms with E-state index in [1.54, 1.807) is 6.92 Å². The van der Waals surface area contributed by atoms with Crippen LogP contribution in [0.1, 0.15) is 20.3 Å². The van der Waals surface area contributed by atoms with Crippen molar-refractivity contribution in [2.45, 2.75) is 44.6 Å². The Labute approximate surface area is 93.3 Å². The van der Waals surface area contributed by atoms with Crippen LogP contribution >= 0.6 is 0 Å². The van der Waals surface area contributed by atoms with Gasteiger partial charge in [0.1, 0.15) is 12.3 Å². The van der Waals surface area contributed by atoms with E-state index in [0.29, 0.717) is 6.61 Å². The maximum atomic E-state index is 13.2. The van der Waals surface area contributed by atoms with Crippen molar-refractivity contribution in [3.8, 4) is 0 Å². The standard InChI is InChI=1S/C10H17F2NO3/c1-3-15-7(2)16-6-8-4-10(11,12)9(5-14)13-8/h5,7-9,13H,3-4,6H2,1-2H3/t7?,8-,9?/m1/s1. The van der Waals surface area contributed by atoms with Gasteiger partial charge >= 0.3 is 0 Å². The molecule has 1 rings (SSSR count). The van der Waals surface area contributed by atoms with Gasteiger partial charge < -0.3 is 14.3 Å². The first-order chi connectivity index (χ1) is 7.49. The minimum atomic E-state index is -2.98. The summed E-state index contributed by atoms with van der Waals surface area (Å²) in [6.45, 7) is 4.14. The topological polar surface area (TPSA) is 47.6 Å². The summed E-state index contributed by atoms with van der Waals surface area (Å²) in [7, 11) is 0. The molecule has 1 aliphatic rings. The molecule has 1 aliphatic heterocycles. The predicted molar refractivity (Wildman–Crippen MR) is 53.4 cm³/mol. The number of ether oxygens (including phenoxy) is 2. The van der Waals surface area contributed by atoms with Gasteiger partial charge in [0.15, 0.2) is 6.29 Å². The molecule has 94 valence electrons. The monoisotopic (exact) mass is 237 g/mol. The Morgan fingerprint density at radius 2 is 2.25 bits per heavy atom. The molecule has 0 aromatic carbocycles. The zero-order valence-electron chi connectivity index (χ0n) is 9.41. The molecule has 6 heteroatoms. The van der Waals surface area contributed by atoms with Gasteiger partial charge in [0.2, 0.25) is 0 Å². The average molecular weight is 237 g/mol. The van der Waals surface area contributed by atoms with E-state index in [4.69, 9.17) is 9.47 Å². The van der Waals surface area contributed by atoms with Gasteiger partial charge in [-0.05, 0) is 13.8 Å². The van der Waals surface area contributed by atoms with Crippen LogP contribution < -0.4 is 5.32 Å². The van der Waals surface area contributed by atoms with E-state index in [0.717, 1.165) is 0 Å². The number of aldehydes is 1. The van der Waals surface area contributed by atoms with Crippen molar-refractivity contribution in [2.24, 2.45) is 0 Å². The van der Waals surface area contributed by atoms with Crippen molar-refractivity contribution in [3.05, 3.63) is 0 Å². The fraction of sp³-hybridized carbons (Fsp3) is 0.900. The molecule has 0 amide bonds. The van der Waals surface area contributed by atoms with Gasteiger partial charge in [-0.15, -0.1) is 0 Å². The van der Waals surface area contributed by atoms with Gasteiger partial charge in [0.25, 0.3) is 5.92 Å². The van der Waals surface area contributed by atoms with Crippen molar-refractivity contribution < 1.29 is 23.0 Å². The summed E-state index contributed by atoms with van der Waals surface area (Å²) in [6.07, 6.45) is -0.558. The highest BCUT2D eigenvalue weighted by Crippen LogP contribution is 2.30. The van der Waals surface area contributed by atoms with E-state index in [1.165, 1.54) is 0 Å². The van der Waals surface area contributed by atoms with Crippen molar-refractivity contribution in [1.82, 2.24) is 5.32 Å². The van der Waals surface area contributed by atoms with E-state index in [-0.39, 0.29) is 19.3 Å². The van der Waals surface area contributed by atoms with Crippen LogP contribution in [0, 0.1) is 0 Å². The van der Waals surface area contributed by atoms with E-state index >= 15 is 0 Å². The average Bonchev–Trinajstić information content (AvgIpc) is 2.50. The molecule has 0 saturated carbocycles. The van der Waals surface area contributed by atoms with Gasteiger partial charge in [0.05, 0.1) is 6.61 Å².